The molecule has 7 nitrogen and oxygen atoms in total. The fourth-order valence-corrected chi connectivity index (χ4v) is 4.75. The third kappa shape index (κ3) is 4.63. The molecule has 2 heterocycles. The number of para-hydroxylation sites is 1. The van der Waals surface area contributed by atoms with Gasteiger partial charge in [0.25, 0.3) is 5.56 Å². The minimum absolute atomic E-state index is 0.0691. The maximum atomic E-state index is 13.1. The van der Waals surface area contributed by atoms with Gasteiger partial charge in [0.2, 0.25) is 11.7 Å². The minimum Gasteiger partial charge on any atom is -0.325 e. The molecule has 33 heavy (non-hydrogen) atoms. The zero-order valence-electron chi connectivity index (χ0n) is 18.8. The van der Waals surface area contributed by atoms with Crippen molar-refractivity contribution in [2.24, 2.45) is 0 Å². The summed E-state index contributed by atoms with van der Waals surface area (Å²) in [6.45, 7) is 6.39. The van der Waals surface area contributed by atoms with Crippen molar-refractivity contribution in [2.75, 3.05) is 5.32 Å². The number of aromatic nitrogens is 4. The van der Waals surface area contributed by atoms with E-state index in [4.69, 9.17) is 11.6 Å². The van der Waals surface area contributed by atoms with Crippen molar-refractivity contribution < 1.29 is 4.79 Å². The predicted molar refractivity (Wildman–Crippen MR) is 134 cm³/mol. The van der Waals surface area contributed by atoms with Crippen molar-refractivity contribution in [1.82, 2.24) is 19.2 Å². The summed E-state index contributed by atoms with van der Waals surface area (Å²) < 4.78 is 3.57. The largest absolute Gasteiger partial charge is 0.325 e. The van der Waals surface area contributed by atoms with Gasteiger partial charge in [0.15, 0.2) is 5.16 Å². The second-order valence-corrected chi connectivity index (χ2v) is 9.68. The number of rotatable bonds is 8. The van der Waals surface area contributed by atoms with Gasteiger partial charge in [0.05, 0.1) is 16.2 Å². The standard InChI is InChI=1S/C24H26ClN5O2S/c1-4-5-8-14-29-22(32)17-10-6-7-13-20(17)30-23(29)27-28-24(30)33-16(3)21(31)26-19-12-9-11-18(25)15(19)2/h6-7,9-13,16H,4-5,8,14H2,1-3H3,(H,26,31). The molecule has 0 aliphatic heterocycles. The second kappa shape index (κ2) is 9.97. The van der Waals surface area contributed by atoms with E-state index in [1.165, 1.54) is 11.8 Å². The maximum Gasteiger partial charge on any atom is 0.262 e. The number of anilines is 1. The summed E-state index contributed by atoms with van der Waals surface area (Å²) in [5, 5.41) is 13.0. The Morgan fingerprint density at radius 2 is 1.94 bits per heavy atom. The average Bonchev–Trinajstić information content (AvgIpc) is 3.22. The first-order valence-corrected chi connectivity index (χ1v) is 12.3. The SMILES string of the molecule is CCCCCn1c(=O)c2ccccc2n2c(SC(C)C(=O)Nc3cccc(Cl)c3C)nnc12. The fourth-order valence-electron chi connectivity index (χ4n) is 3.72. The van der Waals surface area contributed by atoms with Gasteiger partial charge in [-0.2, -0.15) is 0 Å². The van der Waals surface area contributed by atoms with E-state index < -0.39 is 5.25 Å². The van der Waals surface area contributed by atoms with Crippen LogP contribution in [-0.4, -0.2) is 30.3 Å². The molecule has 1 N–H and O–H groups in total. The van der Waals surface area contributed by atoms with Gasteiger partial charge in [-0.15, -0.1) is 10.2 Å². The summed E-state index contributed by atoms with van der Waals surface area (Å²) in [4.78, 5) is 26.0. The van der Waals surface area contributed by atoms with E-state index in [0.717, 1.165) is 30.3 Å². The van der Waals surface area contributed by atoms with Crippen LogP contribution < -0.4 is 10.9 Å². The summed E-state index contributed by atoms with van der Waals surface area (Å²) in [5.74, 6) is 0.332. The van der Waals surface area contributed by atoms with Crippen LogP contribution in [0.25, 0.3) is 16.7 Å². The van der Waals surface area contributed by atoms with Crippen molar-refractivity contribution in [3.63, 3.8) is 0 Å². The van der Waals surface area contributed by atoms with Crippen molar-refractivity contribution >= 4 is 51.6 Å². The van der Waals surface area contributed by atoms with Gasteiger partial charge in [-0.05, 0) is 50.1 Å². The number of carbonyl (C=O) groups excluding carboxylic acids is 1. The number of aryl methyl sites for hydroxylation is 1. The van der Waals surface area contributed by atoms with E-state index in [0.29, 0.717) is 33.6 Å². The lowest BCUT2D eigenvalue weighted by molar-refractivity contribution is -0.115. The van der Waals surface area contributed by atoms with Gasteiger partial charge in [-0.1, -0.05) is 61.3 Å². The number of halogens is 1. The molecule has 172 valence electrons. The molecule has 4 rings (SSSR count). The Balaban J connectivity index is 1.69. The highest BCUT2D eigenvalue weighted by Gasteiger charge is 2.22. The van der Waals surface area contributed by atoms with Crippen molar-refractivity contribution in [3.05, 3.63) is 63.4 Å². The summed E-state index contributed by atoms with van der Waals surface area (Å²) in [7, 11) is 0. The molecule has 0 saturated carbocycles. The quantitative estimate of drug-likeness (QED) is 0.271. The van der Waals surface area contributed by atoms with Crippen LogP contribution in [0.2, 0.25) is 5.02 Å². The summed E-state index contributed by atoms with van der Waals surface area (Å²) in [6, 6.07) is 12.9. The highest BCUT2D eigenvalue weighted by Crippen LogP contribution is 2.28. The summed E-state index contributed by atoms with van der Waals surface area (Å²) in [6.07, 6.45) is 2.98. The second-order valence-electron chi connectivity index (χ2n) is 7.96. The first kappa shape index (κ1) is 23.3. The van der Waals surface area contributed by atoms with E-state index in [1.807, 2.05) is 48.6 Å². The molecule has 0 aliphatic rings. The van der Waals surface area contributed by atoms with Crippen LogP contribution in [0.1, 0.15) is 38.7 Å². The number of unbranched alkanes of at least 4 members (excludes halogenated alkanes) is 2. The fraction of sp³-hybridized carbons (Fsp3) is 0.333. The Labute approximate surface area is 201 Å². The van der Waals surface area contributed by atoms with Crippen LogP contribution in [0.3, 0.4) is 0 Å². The van der Waals surface area contributed by atoms with Crippen molar-refractivity contribution in [2.45, 2.75) is 57.0 Å². The number of amides is 1. The molecule has 1 amide bonds. The van der Waals surface area contributed by atoms with Gasteiger partial charge < -0.3 is 5.32 Å². The third-order valence-electron chi connectivity index (χ3n) is 5.64. The number of hydrogen-bond donors (Lipinski definition) is 1. The van der Waals surface area contributed by atoms with Gasteiger partial charge >= 0.3 is 0 Å². The molecule has 0 radical (unpaired) electrons. The van der Waals surface area contributed by atoms with E-state index >= 15 is 0 Å². The normalized spacial score (nSPS) is 12.4. The molecule has 2 aromatic carbocycles. The van der Waals surface area contributed by atoms with Crippen LogP contribution in [0.4, 0.5) is 5.69 Å². The Kier molecular flexibility index (Phi) is 7.05. The molecule has 0 spiro atoms. The molecular formula is C24H26ClN5O2S. The minimum atomic E-state index is -0.449. The van der Waals surface area contributed by atoms with Crippen LogP contribution in [0.15, 0.2) is 52.4 Å². The number of hydrogen-bond acceptors (Lipinski definition) is 5. The topological polar surface area (TPSA) is 81.3 Å². The first-order valence-electron chi connectivity index (χ1n) is 11.0. The van der Waals surface area contributed by atoms with Gasteiger partial charge in [0.1, 0.15) is 0 Å². The van der Waals surface area contributed by atoms with Crippen LogP contribution in [-0.2, 0) is 11.3 Å². The smallest absolute Gasteiger partial charge is 0.262 e. The zero-order valence-corrected chi connectivity index (χ0v) is 20.4. The van der Waals surface area contributed by atoms with E-state index in [2.05, 4.69) is 22.4 Å². The number of fused-ring (bicyclic) bond motifs is 3. The number of nitrogens with zero attached hydrogens (tertiary/aromatic N) is 4. The Morgan fingerprint density at radius 1 is 1.15 bits per heavy atom. The van der Waals surface area contributed by atoms with Crippen molar-refractivity contribution in [1.29, 1.82) is 0 Å². The molecule has 2 aromatic heterocycles. The van der Waals surface area contributed by atoms with Gasteiger partial charge in [0, 0.05) is 17.3 Å². The van der Waals surface area contributed by atoms with E-state index in [1.54, 1.807) is 16.7 Å². The van der Waals surface area contributed by atoms with Gasteiger partial charge in [-0.25, -0.2) is 0 Å². The number of thioether (sulfide) groups is 1. The van der Waals surface area contributed by atoms with E-state index in [9.17, 15) is 9.59 Å². The molecule has 0 fully saturated rings. The molecule has 9 heteroatoms. The molecule has 0 bridgehead atoms. The number of carbonyl (C=O) groups is 1. The lowest BCUT2D eigenvalue weighted by Crippen LogP contribution is -2.24. The Hall–Kier alpha value is -2.84. The third-order valence-corrected chi connectivity index (χ3v) is 7.09. The predicted octanol–water partition coefficient (Wildman–Crippen LogP) is 5.32. The Morgan fingerprint density at radius 3 is 2.73 bits per heavy atom. The van der Waals surface area contributed by atoms with Gasteiger partial charge in [-0.3, -0.25) is 18.6 Å². The zero-order chi connectivity index (χ0) is 23.5. The van der Waals surface area contributed by atoms with Crippen LogP contribution in [0.5, 0.6) is 0 Å². The molecular weight excluding hydrogens is 458 g/mol. The lowest BCUT2D eigenvalue weighted by atomic mass is 10.2. The molecule has 0 saturated heterocycles. The number of benzene rings is 2. The summed E-state index contributed by atoms with van der Waals surface area (Å²) >= 11 is 7.48. The monoisotopic (exact) mass is 483 g/mol. The molecule has 1 unspecified atom stereocenters. The summed E-state index contributed by atoms with van der Waals surface area (Å²) in [5.41, 5.74) is 2.16. The van der Waals surface area contributed by atoms with E-state index in [-0.39, 0.29) is 11.5 Å². The Bertz CT molecular complexity index is 1380. The van der Waals surface area contributed by atoms with Crippen LogP contribution >= 0.6 is 23.4 Å². The first-order chi connectivity index (χ1) is 15.9. The molecule has 0 aliphatic carbocycles. The molecule has 1 atom stereocenters. The number of nitrogens with one attached hydrogen (secondary N) is 1. The average molecular weight is 484 g/mol. The van der Waals surface area contributed by atoms with Crippen LogP contribution in [0, 0.1) is 6.92 Å². The molecule has 4 aromatic rings. The highest BCUT2D eigenvalue weighted by atomic mass is 35.5. The lowest BCUT2D eigenvalue weighted by Gasteiger charge is -2.14. The highest BCUT2D eigenvalue weighted by molar-refractivity contribution is 8.00. The maximum absolute atomic E-state index is 13.1. The van der Waals surface area contributed by atoms with Crippen molar-refractivity contribution in [3.8, 4) is 0 Å².